The molecular formula is C16H26N2OS. The van der Waals surface area contributed by atoms with Gasteiger partial charge in [-0.2, -0.15) is 0 Å². The van der Waals surface area contributed by atoms with Gasteiger partial charge in [-0.15, -0.1) is 11.8 Å². The van der Waals surface area contributed by atoms with E-state index in [9.17, 15) is 5.11 Å². The van der Waals surface area contributed by atoms with Crippen LogP contribution in [0.15, 0.2) is 29.2 Å². The van der Waals surface area contributed by atoms with Crippen LogP contribution in [0.4, 0.5) is 0 Å². The number of nitrogens with one attached hydrogen (secondary N) is 1. The van der Waals surface area contributed by atoms with E-state index in [1.807, 2.05) is 11.8 Å². The Labute approximate surface area is 126 Å². The van der Waals surface area contributed by atoms with Crippen molar-refractivity contribution in [3.05, 3.63) is 29.8 Å². The van der Waals surface area contributed by atoms with E-state index < -0.39 is 0 Å². The van der Waals surface area contributed by atoms with Gasteiger partial charge < -0.3 is 15.3 Å². The summed E-state index contributed by atoms with van der Waals surface area (Å²) in [5.74, 6) is 1.07. The van der Waals surface area contributed by atoms with Crippen LogP contribution in [-0.2, 0) is 5.54 Å². The minimum atomic E-state index is -0.255. The highest BCUT2D eigenvalue weighted by Crippen LogP contribution is 2.39. The van der Waals surface area contributed by atoms with E-state index in [-0.39, 0.29) is 12.1 Å². The first-order valence-electron chi connectivity index (χ1n) is 7.56. The Balaban J connectivity index is 2.07. The molecule has 20 heavy (non-hydrogen) atoms. The molecular weight excluding hydrogens is 268 g/mol. The number of likely N-dealkylation sites (N-methyl/N-ethyl adjacent to an activating group) is 1. The van der Waals surface area contributed by atoms with Gasteiger partial charge in [-0.25, -0.2) is 0 Å². The molecule has 0 saturated heterocycles. The van der Waals surface area contributed by atoms with Crippen LogP contribution in [-0.4, -0.2) is 48.5 Å². The van der Waals surface area contributed by atoms with Gasteiger partial charge in [0, 0.05) is 23.7 Å². The number of hydrogen-bond donors (Lipinski definition) is 2. The third kappa shape index (κ3) is 3.37. The number of rotatable bonds is 7. The van der Waals surface area contributed by atoms with E-state index in [0.29, 0.717) is 0 Å². The van der Waals surface area contributed by atoms with Crippen molar-refractivity contribution in [2.75, 3.05) is 38.5 Å². The predicted octanol–water partition coefficient (Wildman–Crippen LogP) is 2.30. The highest BCUT2D eigenvalue weighted by atomic mass is 32.2. The normalized spacial score (nSPS) is 22.0. The molecule has 1 heterocycles. The SMILES string of the molecule is CCN(CC)CCNC1(CO)CCSc2ccccc21. The first kappa shape index (κ1) is 15.8. The van der Waals surface area contributed by atoms with Crippen molar-refractivity contribution in [3.8, 4) is 0 Å². The molecule has 0 aliphatic carbocycles. The van der Waals surface area contributed by atoms with Gasteiger partial charge in [-0.1, -0.05) is 32.0 Å². The van der Waals surface area contributed by atoms with Crippen LogP contribution in [0.25, 0.3) is 0 Å². The van der Waals surface area contributed by atoms with Gasteiger partial charge in [0.1, 0.15) is 0 Å². The summed E-state index contributed by atoms with van der Waals surface area (Å²) in [5, 5.41) is 13.6. The zero-order valence-corrected chi connectivity index (χ0v) is 13.4. The molecule has 2 rings (SSSR count). The lowest BCUT2D eigenvalue weighted by Gasteiger charge is -2.39. The van der Waals surface area contributed by atoms with Crippen LogP contribution in [0.1, 0.15) is 25.8 Å². The maximum Gasteiger partial charge on any atom is 0.0688 e. The smallest absolute Gasteiger partial charge is 0.0688 e. The molecule has 1 atom stereocenters. The Morgan fingerprint density at radius 2 is 2.05 bits per heavy atom. The molecule has 0 bridgehead atoms. The van der Waals surface area contributed by atoms with Gasteiger partial charge in [0.25, 0.3) is 0 Å². The van der Waals surface area contributed by atoms with Crippen LogP contribution in [0.2, 0.25) is 0 Å². The molecule has 1 aromatic carbocycles. The maximum absolute atomic E-state index is 9.98. The van der Waals surface area contributed by atoms with Crippen molar-refractivity contribution >= 4 is 11.8 Å². The molecule has 0 spiro atoms. The van der Waals surface area contributed by atoms with Gasteiger partial charge in [-0.3, -0.25) is 0 Å². The van der Waals surface area contributed by atoms with Crippen LogP contribution >= 0.6 is 11.8 Å². The van der Waals surface area contributed by atoms with Crippen LogP contribution in [0, 0.1) is 0 Å². The molecule has 1 aliphatic heterocycles. The van der Waals surface area contributed by atoms with Gasteiger partial charge >= 0.3 is 0 Å². The molecule has 4 heteroatoms. The monoisotopic (exact) mass is 294 g/mol. The summed E-state index contributed by atoms with van der Waals surface area (Å²) in [4.78, 5) is 3.71. The standard InChI is InChI=1S/C16H26N2OS/c1-3-18(4-2)11-10-17-16(13-19)9-12-20-15-8-6-5-7-14(15)16/h5-8,17,19H,3-4,9-13H2,1-2H3. The van der Waals surface area contributed by atoms with Crippen LogP contribution in [0.5, 0.6) is 0 Å². The quantitative estimate of drug-likeness (QED) is 0.809. The lowest BCUT2D eigenvalue weighted by molar-refractivity contribution is 0.147. The second kappa shape index (κ2) is 7.46. The molecule has 0 fully saturated rings. The molecule has 0 saturated carbocycles. The summed E-state index contributed by atoms with van der Waals surface area (Å²) in [6, 6.07) is 8.47. The largest absolute Gasteiger partial charge is 0.394 e. The fourth-order valence-electron chi connectivity index (χ4n) is 2.85. The first-order chi connectivity index (χ1) is 9.75. The van der Waals surface area contributed by atoms with Crippen molar-refractivity contribution in [1.82, 2.24) is 10.2 Å². The molecule has 0 aromatic heterocycles. The number of benzene rings is 1. The number of hydrogen-bond acceptors (Lipinski definition) is 4. The van der Waals surface area contributed by atoms with Crippen molar-refractivity contribution in [1.29, 1.82) is 0 Å². The minimum absolute atomic E-state index is 0.169. The molecule has 1 unspecified atom stereocenters. The molecule has 3 nitrogen and oxygen atoms in total. The number of thioether (sulfide) groups is 1. The third-order valence-corrected chi connectivity index (χ3v) is 5.32. The second-order valence-electron chi connectivity index (χ2n) is 5.29. The molecule has 0 radical (unpaired) electrons. The van der Waals surface area contributed by atoms with Gasteiger partial charge in [0.05, 0.1) is 12.1 Å². The minimum Gasteiger partial charge on any atom is -0.394 e. The zero-order valence-electron chi connectivity index (χ0n) is 12.6. The highest BCUT2D eigenvalue weighted by Gasteiger charge is 2.35. The summed E-state index contributed by atoms with van der Waals surface area (Å²) in [5.41, 5.74) is 1.01. The van der Waals surface area contributed by atoms with E-state index in [0.717, 1.165) is 38.4 Å². The topological polar surface area (TPSA) is 35.5 Å². The fraction of sp³-hybridized carbons (Fsp3) is 0.625. The summed E-state index contributed by atoms with van der Waals surface area (Å²) < 4.78 is 0. The average molecular weight is 294 g/mol. The van der Waals surface area contributed by atoms with Gasteiger partial charge in [0.2, 0.25) is 0 Å². The van der Waals surface area contributed by atoms with Gasteiger partial charge in [0.15, 0.2) is 0 Å². The Hall–Kier alpha value is -0.550. The highest BCUT2D eigenvalue weighted by molar-refractivity contribution is 7.99. The molecule has 1 aliphatic rings. The van der Waals surface area contributed by atoms with Crippen molar-refractivity contribution < 1.29 is 5.11 Å². The lowest BCUT2D eigenvalue weighted by Crippen LogP contribution is -2.50. The number of fused-ring (bicyclic) bond motifs is 1. The summed E-state index contributed by atoms with van der Waals surface area (Å²) in [6.45, 7) is 8.66. The molecule has 0 amide bonds. The van der Waals surface area contributed by atoms with E-state index in [1.165, 1.54) is 10.5 Å². The third-order valence-electron chi connectivity index (χ3n) is 4.24. The average Bonchev–Trinajstić information content (AvgIpc) is 2.51. The Kier molecular flexibility index (Phi) is 5.90. The maximum atomic E-state index is 9.98. The summed E-state index contributed by atoms with van der Waals surface area (Å²) in [7, 11) is 0. The fourth-order valence-corrected chi connectivity index (χ4v) is 4.12. The number of aliphatic hydroxyl groups is 1. The Morgan fingerprint density at radius 1 is 1.30 bits per heavy atom. The first-order valence-corrected chi connectivity index (χ1v) is 8.55. The van der Waals surface area contributed by atoms with E-state index in [1.54, 1.807) is 0 Å². The summed E-state index contributed by atoms with van der Waals surface area (Å²) in [6.07, 6.45) is 0.990. The van der Waals surface area contributed by atoms with Crippen molar-refractivity contribution in [2.24, 2.45) is 0 Å². The number of nitrogens with zero attached hydrogens (tertiary/aromatic N) is 1. The molecule has 1 aromatic rings. The van der Waals surface area contributed by atoms with E-state index in [4.69, 9.17) is 0 Å². The van der Waals surface area contributed by atoms with Crippen LogP contribution in [0.3, 0.4) is 0 Å². The Bertz CT molecular complexity index is 423. The van der Waals surface area contributed by atoms with Crippen molar-refractivity contribution in [2.45, 2.75) is 30.7 Å². The van der Waals surface area contributed by atoms with Crippen LogP contribution < -0.4 is 5.32 Å². The van der Waals surface area contributed by atoms with E-state index in [2.05, 4.69) is 48.3 Å². The predicted molar refractivity (Wildman–Crippen MR) is 86.3 cm³/mol. The van der Waals surface area contributed by atoms with E-state index >= 15 is 0 Å². The van der Waals surface area contributed by atoms with Gasteiger partial charge in [-0.05, 0) is 31.1 Å². The summed E-state index contributed by atoms with van der Waals surface area (Å²) >= 11 is 1.89. The second-order valence-corrected chi connectivity index (χ2v) is 6.43. The van der Waals surface area contributed by atoms with Crippen molar-refractivity contribution in [3.63, 3.8) is 0 Å². The lowest BCUT2D eigenvalue weighted by atomic mass is 9.87. The molecule has 112 valence electrons. The number of aliphatic hydroxyl groups excluding tert-OH is 1. The zero-order chi connectivity index (χ0) is 14.4. The molecule has 2 N–H and O–H groups in total. The Morgan fingerprint density at radius 3 is 2.75 bits per heavy atom.